The standard InChI is InChI=1S/C24H30N4O4/c1-4-32-24(30)20(15-18-8-10-19(31-3)11-9-18)27-23(29)7-5-6-14-28-17(2)26-21-16-25-13-12-22(21)28/h8-13,16,20H,4-7,14-15H2,1-3H3,(H,27,29)/t20-/m0/s1. The molecule has 0 radical (unpaired) electrons. The van der Waals surface area contributed by atoms with Crippen LogP contribution < -0.4 is 10.1 Å². The summed E-state index contributed by atoms with van der Waals surface area (Å²) in [4.78, 5) is 33.5. The smallest absolute Gasteiger partial charge is 0.328 e. The van der Waals surface area contributed by atoms with Gasteiger partial charge in [0.1, 0.15) is 23.1 Å². The number of amides is 1. The van der Waals surface area contributed by atoms with E-state index < -0.39 is 12.0 Å². The third-order valence-electron chi connectivity index (χ3n) is 5.28. The molecule has 0 aliphatic carbocycles. The average Bonchev–Trinajstić information content (AvgIpc) is 3.12. The molecule has 0 fully saturated rings. The first-order valence-corrected chi connectivity index (χ1v) is 10.9. The van der Waals surface area contributed by atoms with Crippen molar-refractivity contribution in [2.45, 2.75) is 52.1 Å². The van der Waals surface area contributed by atoms with E-state index in [2.05, 4.69) is 19.9 Å². The molecule has 0 saturated carbocycles. The highest BCUT2D eigenvalue weighted by Crippen LogP contribution is 2.16. The highest BCUT2D eigenvalue weighted by atomic mass is 16.5. The Morgan fingerprint density at radius 2 is 1.94 bits per heavy atom. The number of carbonyl (C=O) groups excluding carboxylic acids is 2. The fourth-order valence-electron chi connectivity index (χ4n) is 3.64. The van der Waals surface area contributed by atoms with Gasteiger partial charge in [-0.05, 0) is 50.5 Å². The lowest BCUT2D eigenvalue weighted by molar-refractivity contribution is -0.147. The number of nitrogens with zero attached hydrogens (tertiary/aromatic N) is 3. The molecular weight excluding hydrogens is 408 g/mol. The van der Waals surface area contributed by atoms with E-state index in [4.69, 9.17) is 9.47 Å². The van der Waals surface area contributed by atoms with Gasteiger partial charge in [0.15, 0.2) is 0 Å². The largest absolute Gasteiger partial charge is 0.497 e. The Labute approximate surface area is 188 Å². The van der Waals surface area contributed by atoms with Crippen LogP contribution in [0.1, 0.15) is 37.6 Å². The lowest BCUT2D eigenvalue weighted by atomic mass is 10.1. The fraction of sp³-hybridized carbons (Fsp3) is 0.417. The van der Waals surface area contributed by atoms with Crippen LogP contribution in [0.15, 0.2) is 42.7 Å². The van der Waals surface area contributed by atoms with E-state index in [0.717, 1.165) is 41.1 Å². The van der Waals surface area contributed by atoms with Crippen LogP contribution in [0.3, 0.4) is 0 Å². The SMILES string of the molecule is CCOC(=O)[C@H](Cc1ccc(OC)cc1)NC(=O)CCCCn1c(C)nc2cnccc21. The average molecular weight is 439 g/mol. The van der Waals surface area contributed by atoms with Gasteiger partial charge < -0.3 is 19.4 Å². The van der Waals surface area contributed by atoms with Crippen molar-refractivity contribution < 1.29 is 19.1 Å². The quantitative estimate of drug-likeness (QED) is 0.365. The summed E-state index contributed by atoms with van der Waals surface area (Å²) in [6, 6.07) is 8.65. The van der Waals surface area contributed by atoms with Crippen LogP contribution in [0.2, 0.25) is 0 Å². The van der Waals surface area contributed by atoms with Crippen LogP contribution in [0.4, 0.5) is 0 Å². The first-order chi connectivity index (χ1) is 15.5. The lowest BCUT2D eigenvalue weighted by Gasteiger charge is -2.18. The molecule has 0 bridgehead atoms. The van der Waals surface area contributed by atoms with Crippen LogP contribution in [-0.2, 0) is 27.3 Å². The molecule has 170 valence electrons. The van der Waals surface area contributed by atoms with E-state index >= 15 is 0 Å². The van der Waals surface area contributed by atoms with Gasteiger partial charge in [-0.15, -0.1) is 0 Å². The van der Waals surface area contributed by atoms with Crippen molar-refractivity contribution in [2.24, 2.45) is 0 Å². The first-order valence-electron chi connectivity index (χ1n) is 10.9. The Kier molecular flexibility index (Phi) is 8.19. The molecular formula is C24H30N4O4. The second-order valence-corrected chi connectivity index (χ2v) is 7.56. The molecule has 2 heterocycles. The van der Waals surface area contributed by atoms with E-state index in [1.165, 1.54) is 0 Å². The Morgan fingerprint density at radius 3 is 2.66 bits per heavy atom. The van der Waals surface area contributed by atoms with E-state index in [1.807, 2.05) is 37.3 Å². The molecule has 1 aromatic carbocycles. The van der Waals surface area contributed by atoms with Gasteiger partial charge in [0, 0.05) is 25.6 Å². The number of rotatable bonds is 11. The zero-order valence-corrected chi connectivity index (χ0v) is 18.8. The minimum Gasteiger partial charge on any atom is -0.497 e. The molecule has 3 aromatic rings. The van der Waals surface area contributed by atoms with Gasteiger partial charge in [-0.25, -0.2) is 9.78 Å². The monoisotopic (exact) mass is 438 g/mol. The molecule has 1 amide bonds. The Bertz CT molecular complexity index is 1050. The van der Waals surface area contributed by atoms with Crippen molar-refractivity contribution in [1.29, 1.82) is 0 Å². The second kappa shape index (κ2) is 11.3. The summed E-state index contributed by atoms with van der Waals surface area (Å²) < 4.78 is 12.5. The maximum atomic E-state index is 12.5. The van der Waals surface area contributed by atoms with Gasteiger partial charge in [0.05, 0.1) is 25.4 Å². The molecule has 32 heavy (non-hydrogen) atoms. The van der Waals surface area contributed by atoms with Crippen LogP contribution in [0.25, 0.3) is 11.0 Å². The zero-order chi connectivity index (χ0) is 22.9. The summed E-state index contributed by atoms with van der Waals surface area (Å²) in [6.45, 7) is 4.76. The molecule has 1 atom stereocenters. The van der Waals surface area contributed by atoms with E-state index in [9.17, 15) is 9.59 Å². The minimum absolute atomic E-state index is 0.159. The summed E-state index contributed by atoms with van der Waals surface area (Å²) in [6.07, 6.45) is 5.74. The van der Waals surface area contributed by atoms with Crippen molar-refractivity contribution in [3.05, 3.63) is 54.1 Å². The summed E-state index contributed by atoms with van der Waals surface area (Å²) >= 11 is 0. The summed E-state index contributed by atoms with van der Waals surface area (Å²) in [5, 5.41) is 2.84. The lowest BCUT2D eigenvalue weighted by Crippen LogP contribution is -2.43. The number of unbranched alkanes of at least 4 members (excludes halogenated alkanes) is 1. The molecule has 0 aliphatic rings. The van der Waals surface area contributed by atoms with Gasteiger partial charge in [-0.3, -0.25) is 9.78 Å². The number of benzene rings is 1. The number of aromatic nitrogens is 3. The van der Waals surface area contributed by atoms with E-state index in [1.54, 1.807) is 26.4 Å². The normalized spacial score (nSPS) is 11.8. The minimum atomic E-state index is -0.719. The number of methoxy groups -OCH3 is 1. The summed E-state index contributed by atoms with van der Waals surface area (Å²) in [5.41, 5.74) is 2.84. The van der Waals surface area contributed by atoms with Gasteiger partial charge in [-0.2, -0.15) is 0 Å². The molecule has 3 rings (SSSR count). The number of fused-ring (bicyclic) bond motifs is 1. The number of hydrogen-bond donors (Lipinski definition) is 1. The van der Waals surface area contributed by atoms with Gasteiger partial charge >= 0.3 is 5.97 Å². The van der Waals surface area contributed by atoms with Crippen LogP contribution in [0, 0.1) is 6.92 Å². The highest BCUT2D eigenvalue weighted by molar-refractivity contribution is 5.84. The Balaban J connectivity index is 1.52. The third-order valence-corrected chi connectivity index (χ3v) is 5.28. The zero-order valence-electron chi connectivity index (χ0n) is 18.8. The molecule has 1 N–H and O–H groups in total. The maximum Gasteiger partial charge on any atom is 0.328 e. The molecule has 0 unspecified atom stereocenters. The van der Waals surface area contributed by atoms with Crippen molar-refractivity contribution >= 4 is 22.9 Å². The van der Waals surface area contributed by atoms with Crippen molar-refractivity contribution in [3.8, 4) is 5.75 Å². The molecule has 2 aromatic heterocycles. The predicted molar refractivity (Wildman–Crippen MR) is 121 cm³/mol. The number of hydrogen-bond acceptors (Lipinski definition) is 6. The van der Waals surface area contributed by atoms with E-state index in [-0.39, 0.29) is 12.5 Å². The van der Waals surface area contributed by atoms with Crippen LogP contribution >= 0.6 is 0 Å². The molecule has 0 spiro atoms. The number of esters is 1. The van der Waals surface area contributed by atoms with E-state index in [0.29, 0.717) is 19.3 Å². The number of nitrogens with one attached hydrogen (secondary N) is 1. The Morgan fingerprint density at radius 1 is 1.16 bits per heavy atom. The number of aryl methyl sites for hydroxylation is 2. The van der Waals surface area contributed by atoms with Crippen LogP contribution in [-0.4, -0.2) is 46.2 Å². The van der Waals surface area contributed by atoms with Crippen molar-refractivity contribution in [1.82, 2.24) is 19.9 Å². The maximum absolute atomic E-state index is 12.5. The highest BCUT2D eigenvalue weighted by Gasteiger charge is 2.22. The summed E-state index contributed by atoms with van der Waals surface area (Å²) in [7, 11) is 1.60. The molecule has 0 saturated heterocycles. The fourth-order valence-corrected chi connectivity index (χ4v) is 3.64. The first kappa shape index (κ1) is 23.2. The summed E-state index contributed by atoms with van der Waals surface area (Å²) in [5.74, 6) is 1.08. The number of carbonyl (C=O) groups is 2. The van der Waals surface area contributed by atoms with Gasteiger partial charge in [0.2, 0.25) is 5.91 Å². The molecule has 0 aliphatic heterocycles. The molecule has 8 nitrogen and oxygen atoms in total. The third kappa shape index (κ3) is 6.06. The number of ether oxygens (including phenoxy) is 2. The number of imidazole rings is 1. The van der Waals surface area contributed by atoms with Crippen molar-refractivity contribution in [3.63, 3.8) is 0 Å². The molecule has 8 heteroatoms. The number of pyridine rings is 1. The Hall–Kier alpha value is -3.42. The van der Waals surface area contributed by atoms with Crippen LogP contribution in [0.5, 0.6) is 5.75 Å². The van der Waals surface area contributed by atoms with Crippen molar-refractivity contribution in [2.75, 3.05) is 13.7 Å². The second-order valence-electron chi connectivity index (χ2n) is 7.56. The predicted octanol–water partition coefficient (Wildman–Crippen LogP) is 3.21. The van der Waals surface area contributed by atoms with Gasteiger partial charge in [-0.1, -0.05) is 12.1 Å². The topological polar surface area (TPSA) is 95.3 Å². The van der Waals surface area contributed by atoms with Gasteiger partial charge in [0.25, 0.3) is 0 Å².